The summed E-state index contributed by atoms with van der Waals surface area (Å²) in [4.78, 5) is 12.1. The molecule has 2 aromatic carbocycles. The molecule has 0 saturated heterocycles. The highest BCUT2D eigenvalue weighted by Gasteiger charge is 2.10. The van der Waals surface area contributed by atoms with Crippen molar-refractivity contribution in [3.8, 4) is 11.8 Å². The van der Waals surface area contributed by atoms with Gasteiger partial charge in [0.2, 0.25) is 0 Å². The summed E-state index contributed by atoms with van der Waals surface area (Å²) in [6.07, 6.45) is 1.38. The Labute approximate surface area is 137 Å². The number of amides is 1. The number of nitrogens with one attached hydrogen (secondary N) is 1. The van der Waals surface area contributed by atoms with Crippen molar-refractivity contribution in [1.82, 2.24) is 0 Å². The van der Waals surface area contributed by atoms with Crippen molar-refractivity contribution in [3.05, 3.63) is 63.6 Å². The molecule has 0 aliphatic heterocycles. The molecule has 0 saturated carbocycles. The molecule has 0 aliphatic rings. The number of anilines is 1. The first-order chi connectivity index (χ1) is 10.5. The molecule has 6 heteroatoms. The minimum Gasteiger partial charge on any atom is -0.508 e. The van der Waals surface area contributed by atoms with E-state index in [1.54, 1.807) is 12.1 Å². The van der Waals surface area contributed by atoms with E-state index in [4.69, 9.17) is 28.5 Å². The number of hydrogen-bond acceptors (Lipinski definition) is 3. The Balaban J connectivity index is 2.23. The minimum absolute atomic E-state index is 0.0852. The van der Waals surface area contributed by atoms with Gasteiger partial charge in [0.25, 0.3) is 5.91 Å². The van der Waals surface area contributed by atoms with Crippen LogP contribution in [0.3, 0.4) is 0 Å². The first-order valence-corrected chi connectivity index (χ1v) is 6.92. The highest BCUT2D eigenvalue weighted by Crippen LogP contribution is 2.23. The van der Waals surface area contributed by atoms with E-state index in [9.17, 15) is 9.90 Å². The Kier molecular flexibility index (Phi) is 5.05. The number of rotatable bonds is 3. The molecule has 0 fully saturated rings. The maximum Gasteiger partial charge on any atom is 0.266 e. The average Bonchev–Trinajstić information content (AvgIpc) is 2.49. The van der Waals surface area contributed by atoms with Crippen LogP contribution < -0.4 is 5.32 Å². The van der Waals surface area contributed by atoms with Crippen LogP contribution in [-0.2, 0) is 4.79 Å². The normalized spacial score (nSPS) is 10.9. The van der Waals surface area contributed by atoms with Gasteiger partial charge in [-0.3, -0.25) is 4.79 Å². The Morgan fingerprint density at radius 3 is 2.45 bits per heavy atom. The smallest absolute Gasteiger partial charge is 0.266 e. The molecule has 0 unspecified atom stereocenters. The molecule has 0 atom stereocenters. The fourth-order valence-corrected chi connectivity index (χ4v) is 2.13. The van der Waals surface area contributed by atoms with Gasteiger partial charge in [-0.2, -0.15) is 5.26 Å². The summed E-state index contributed by atoms with van der Waals surface area (Å²) in [6, 6.07) is 12.5. The second-order valence-corrected chi connectivity index (χ2v) is 5.18. The van der Waals surface area contributed by atoms with Crippen LogP contribution in [0.4, 0.5) is 5.69 Å². The molecule has 0 heterocycles. The third-order valence-electron chi connectivity index (χ3n) is 2.75. The summed E-state index contributed by atoms with van der Waals surface area (Å²) in [6.45, 7) is 0. The third kappa shape index (κ3) is 4.01. The number of nitriles is 1. The lowest BCUT2D eigenvalue weighted by atomic mass is 10.1. The van der Waals surface area contributed by atoms with E-state index in [2.05, 4.69) is 5.32 Å². The lowest BCUT2D eigenvalue weighted by Gasteiger charge is -2.05. The largest absolute Gasteiger partial charge is 0.508 e. The molecule has 0 spiro atoms. The Hall–Kier alpha value is -2.48. The summed E-state index contributed by atoms with van der Waals surface area (Å²) in [5.41, 5.74) is 0.881. The van der Waals surface area contributed by atoms with E-state index in [0.717, 1.165) is 0 Å². The molecule has 1 amide bonds. The van der Waals surface area contributed by atoms with Gasteiger partial charge >= 0.3 is 0 Å². The monoisotopic (exact) mass is 332 g/mol. The summed E-state index contributed by atoms with van der Waals surface area (Å²) < 4.78 is 0. The van der Waals surface area contributed by atoms with Crippen LogP contribution in [0.15, 0.2) is 48.0 Å². The topological polar surface area (TPSA) is 73.1 Å². The van der Waals surface area contributed by atoms with Crippen molar-refractivity contribution in [3.63, 3.8) is 0 Å². The van der Waals surface area contributed by atoms with E-state index in [-0.39, 0.29) is 11.3 Å². The zero-order valence-electron chi connectivity index (χ0n) is 11.2. The van der Waals surface area contributed by atoms with Gasteiger partial charge in [-0.05, 0) is 48.0 Å². The van der Waals surface area contributed by atoms with Crippen LogP contribution in [0.2, 0.25) is 10.0 Å². The molecular formula is C16H10Cl2N2O2. The van der Waals surface area contributed by atoms with Gasteiger partial charge in [-0.25, -0.2) is 0 Å². The SMILES string of the molecule is N#CC(=Cc1ccc(Cl)cc1Cl)C(=O)Nc1ccc(O)cc1. The molecule has 2 rings (SSSR count). The van der Waals surface area contributed by atoms with Gasteiger partial charge in [-0.1, -0.05) is 29.3 Å². The summed E-state index contributed by atoms with van der Waals surface area (Å²) in [5, 5.41) is 21.7. The molecule has 0 aliphatic carbocycles. The van der Waals surface area contributed by atoms with Crippen molar-refractivity contribution < 1.29 is 9.90 Å². The Morgan fingerprint density at radius 1 is 1.18 bits per heavy atom. The van der Waals surface area contributed by atoms with Crippen molar-refractivity contribution in [2.24, 2.45) is 0 Å². The van der Waals surface area contributed by atoms with Crippen LogP contribution in [0.5, 0.6) is 5.75 Å². The minimum atomic E-state index is -0.570. The predicted octanol–water partition coefficient (Wildman–Crippen LogP) is 4.24. The van der Waals surface area contributed by atoms with Gasteiger partial charge in [-0.15, -0.1) is 0 Å². The molecule has 2 N–H and O–H groups in total. The van der Waals surface area contributed by atoms with Gasteiger partial charge in [0.1, 0.15) is 17.4 Å². The van der Waals surface area contributed by atoms with Crippen molar-refractivity contribution in [2.45, 2.75) is 0 Å². The van der Waals surface area contributed by atoms with Crippen LogP contribution in [-0.4, -0.2) is 11.0 Å². The van der Waals surface area contributed by atoms with Crippen LogP contribution in [0.1, 0.15) is 5.56 Å². The number of hydrogen-bond donors (Lipinski definition) is 2. The number of benzene rings is 2. The first-order valence-electron chi connectivity index (χ1n) is 6.17. The molecule has 0 bridgehead atoms. The standard InChI is InChI=1S/C16H10Cl2N2O2/c17-12-2-1-10(15(18)8-12)7-11(9-19)16(22)20-13-3-5-14(21)6-4-13/h1-8,21H,(H,20,22). The van der Waals surface area contributed by atoms with Gasteiger partial charge in [0.15, 0.2) is 0 Å². The lowest BCUT2D eigenvalue weighted by molar-refractivity contribution is -0.112. The molecule has 0 radical (unpaired) electrons. The molecule has 22 heavy (non-hydrogen) atoms. The maximum atomic E-state index is 12.1. The van der Waals surface area contributed by atoms with Gasteiger partial charge in [0, 0.05) is 15.7 Å². The number of nitrogens with zero attached hydrogens (tertiary/aromatic N) is 1. The van der Waals surface area contributed by atoms with E-state index < -0.39 is 5.91 Å². The van der Waals surface area contributed by atoms with Crippen molar-refractivity contribution in [2.75, 3.05) is 5.32 Å². The molecular weight excluding hydrogens is 323 g/mol. The zero-order valence-corrected chi connectivity index (χ0v) is 12.7. The quantitative estimate of drug-likeness (QED) is 0.501. The van der Waals surface area contributed by atoms with E-state index in [1.807, 2.05) is 6.07 Å². The highest BCUT2D eigenvalue weighted by atomic mass is 35.5. The molecule has 4 nitrogen and oxygen atoms in total. The number of phenolic OH excluding ortho intramolecular Hbond substituents is 1. The van der Waals surface area contributed by atoms with E-state index in [0.29, 0.717) is 21.3 Å². The second-order valence-electron chi connectivity index (χ2n) is 4.34. The van der Waals surface area contributed by atoms with E-state index in [1.165, 1.54) is 36.4 Å². The number of carbonyl (C=O) groups is 1. The summed E-state index contributed by atoms with van der Waals surface area (Å²) >= 11 is 11.8. The average molecular weight is 333 g/mol. The summed E-state index contributed by atoms with van der Waals surface area (Å²) in [7, 11) is 0. The van der Waals surface area contributed by atoms with Gasteiger partial charge < -0.3 is 10.4 Å². The van der Waals surface area contributed by atoms with Gasteiger partial charge in [0.05, 0.1) is 0 Å². The second kappa shape index (κ2) is 6.99. The van der Waals surface area contributed by atoms with Crippen molar-refractivity contribution >= 4 is 40.9 Å². The molecule has 0 aromatic heterocycles. The number of halogens is 2. The van der Waals surface area contributed by atoms with Crippen LogP contribution in [0.25, 0.3) is 6.08 Å². The fourth-order valence-electron chi connectivity index (χ4n) is 1.67. The van der Waals surface area contributed by atoms with E-state index >= 15 is 0 Å². The first kappa shape index (κ1) is 15.9. The third-order valence-corrected chi connectivity index (χ3v) is 3.32. The molecule has 2 aromatic rings. The lowest BCUT2D eigenvalue weighted by Crippen LogP contribution is -2.13. The van der Waals surface area contributed by atoms with Crippen LogP contribution >= 0.6 is 23.2 Å². The summed E-state index contributed by atoms with van der Waals surface area (Å²) in [5.74, 6) is -0.485. The van der Waals surface area contributed by atoms with Crippen LogP contribution in [0, 0.1) is 11.3 Å². The molecule has 110 valence electrons. The number of carbonyl (C=O) groups excluding carboxylic acids is 1. The Morgan fingerprint density at radius 2 is 1.86 bits per heavy atom. The Bertz CT molecular complexity index is 778. The predicted molar refractivity (Wildman–Crippen MR) is 86.8 cm³/mol. The van der Waals surface area contributed by atoms with Crippen molar-refractivity contribution in [1.29, 1.82) is 5.26 Å². The maximum absolute atomic E-state index is 12.1. The fraction of sp³-hybridized carbons (Fsp3) is 0. The zero-order chi connectivity index (χ0) is 16.1. The highest BCUT2D eigenvalue weighted by molar-refractivity contribution is 6.35. The number of phenols is 1. The number of aromatic hydroxyl groups is 1.